The summed E-state index contributed by atoms with van der Waals surface area (Å²) in [5.41, 5.74) is 5.66. The Morgan fingerprint density at radius 1 is 0.925 bits per heavy atom. The zero-order chi connectivity index (χ0) is 27.3. The first-order valence-corrected chi connectivity index (χ1v) is 14.4. The summed E-state index contributed by atoms with van der Waals surface area (Å²) >= 11 is 1.75. The average molecular weight is 553 g/mol. The molecule has 1 aromatic heterocycles. The number of carbonyl (C=O) groups excluding carboxylic acids is 1. The lowest BCUT2D eigenvalue weighted by Gasteiger charge is -2.27. The summed E-state index contributed by atoms with van der Waals surface area (Å²) in [7, 11) is 2.10. The van der Waals surface area contributed by atoms with Crippen molar-refractivity contribution in [2.24, 2.45) is 0 Å². The van der Waals surface area contributed by atoms with E-state index in [1.54, 1.807) is 11.3 Å². The van der Waals surface area contributed by atoms with E-state index in [2.05, 4.69) is 65.9 Å². The third-order valence-electron chi connectivity index (χ3n) is 7.27. The number of ether oxygens (including phenoxy) is 3. The Balaban J connectivity index is 1.16. The molecule has 0 saturated heterocycles. The molecule has 40 heavy (non-hydrogen) atoms. The van der Waals surface area contributed by atoms with Crippen molar-refractivity contribution < 1.29 is 19.0 Å². The van der Waals surface area contributed by atoms with Gasteiger partial charge in [-0.2, -0.15) is 0 Å². The van der Waals surface area contributed by atoms with E-state index in [1.165, 1.54) is 16.0 Å². The minimum absolute atomic E-state index is 0.00102. The molecule has 0 saturated carbocycles. The number of thiophene rings is 1. The third kappa shape index (κ3) is 6.06. The van der Waals surface area contributed by atoms with Crippen LogP contribution in [0.3, 0.4) is 0 Å². The smallest absolute Gasteiger partial charge is 0.260 e. The first kappa shape index (κ1) is 26.2. The summed E-state index contributed by atoms with van der Waals surface area (Å²) in [6.45, 7) is 3.09. The van der Waals surface area contributed by atoms with E-state index in [-0.39, 0.29) is 19.3 Å². The van der Waals surface area contributed by atoms with Crippen molar-refractivity contribution in [3.05, 3.63) is 106 Å². The lowest BCUT2D eigenvalue weighted by atomic mass is 9.99. The van der Waals surface area contributed by atoms with Crippen LogP contribution in [0.15, 0.2) is 90.3 Å². The minimum atomic E-state index is 0.00102. The molecule has 0 unspecified atom stereocenters. The standard InChI is InChI=1S/C33H32N2O4S/c1-34(21-29-8-5-17-40-29)20-28-18-26(27-10-12-31-32(19-27)39-23-38-31)9-11-30(28)37-22-33(36)35-15-13-25(14-16-35)24-6-3-2-4-7-24/h2-13,17-19H,14-16,20-23H2,1H3. The van der Waals surface area contributed by atoms with Gasteiger partial charge in [0.1, 0.15) is 5.75 Å². The third-order valence-corrected chi connectivity index (χ3v) is 8.13. The average Bonchev–Trinajstić information content (AvgIpc) is 3.68. The van der Waals surface area contributed by atoms with E-state index in [4.69, 9.17) is 14.2 Å². The number of hydrogen-bond acceptors (Lipinski definition) is 6. The van der Waals surface area contributed by atoms with Crippen molar-refractivity contribution in [3.8, 4) is 28.4 Å². The Kier molecular flexibility index (Phi) is 7.84. The molecule has 0 bridgehead atoms. The summed E-state index contributed by atoms with van der Waals surface area (Å²) < 4.78 is 17.3. The molecule has 0 atom stereocenters. The molecule has 6 rings (SSSR count). The van der Waals surface area contributed by atoms with Crippen molar-refractivity contribution >= 4 is 22.8 Å². The van der Waals surface area contributed by atoms with E-state index in [0.29, 0.717) is 19.6 Å². The van der Waals surface area contributed by atoms with Gasteiger partial charge in [-0.15, -0.1) is 11.3 Å². The molecular weight excluding hydrogens is 520 g/mol. The summed E-state index contributed by atoms with van der Waals surface area (Å²) in [6, 6.07) is 26.8. The van der Waals surface area contributed by atoms with Crippen LogP contribution in [-0.4, -0.2) is 49.2 Å². The van der Waals surface area contributed by atoms with E-state index in [9.17, 15) is 4.79 Å². The SMILES string of the molecule is CN(Cc1cccs1)Cc1cc(-c2ccc3c(c2)OCO3)ccc1OCC(=O)N1CC=C(c2ccccc2)CC1. The predicted molar refractivity (Wildman–Crippen MR) is 159 cm³/mol. The maximum absolute atomic E-state index is 13.1. The maximum atomic E-state index is 13.1. The maximum Gasteiger partial charge on any atom is 0.260 e. The highest BCUT2D eigenvalue weighted by molar-refractivity contribution is 7.09. The van der Waals surface area contributed by atoms with Crippen LogP contribution < -0.4 is 14.2 Å². The molecule has 204 valence electrons. The number of hydrogen-bond donors (Lipinski definition) is 0. The highest BCUT2D eigenvalue weighted by atomic mass is 32.1. The zero-order valence-electron chi connectivity index (χ0n) is 22.5. The highest BCUT2D eigenvalue weighted by Gasteiger charge is 2.20. The van der Waals surface area contributed by atoms with Crippen LogP contribution in [0, 0.1) is 0 Å². The fourth-order valence-electron chi connectivity index (χ4n) is 5.16. The van der Waals surface area contributed by atoms with Crippen LogP contribution in [0.5, 0.6) is 17.2 Å². The Morgan fingerprint density at radius 3 is 2.55 bits per heavy atom. The van der Waals surface area contributed by atoms with Crippen LogP contribution in [0.4, 0.5) is 0 Å². The molecule has 0 spiro atoms. The normalized spacial score (nSPS) is 14.3. The molecule has 0 aliphatic carbocycles. The largest absolute Gasteiger partial charge is 0.483 e. The van der Waals surface area contributed by atoms with E-state index >= 15 is 0 Å². The second kappa shape index (κ2) is 12.0. The quantitative estimate of drug-likeness (QED) is 0.238. The van der Waals surface area contributed by atoms with E-state index < -0.39 is 0 Å². The number of rotatable bonds is 9. The lowest BCUT2D eigenvalue weighted by Crippen LogP contribution is -2.38. The van der Waals surface area contributed by atoms with Gasteiger partial charge < -0.3 is 19.1 Å². The Bertz CT molecular complexity index is 1500. The monoisotopic (exact) mass is 552 g/mol. The molecule has 2 aliphatic rings. The van der Waals surface area contributed by atoms with Crippen molar-refractivity contribution in [2.45, 2.75) is 19.5 Å². The zero-order valence-corrected chi connectivity index (χ0v) is 23.4. The van der Waals surface area contributed by atoms with Gasteiger partial charge in [-0.25, -0.2) is 0 Å². The summed E-state index contributed by atoms with van der Waals surface area (Å²) in [6.07, 6.45) is 3.00. The molecule has 3 aromatic carbocycles. The Labute approximate surface area is 239 Å². The molecule has 2 aliphatic heterocycles. The predicted octanol–water partition coefficient (Wildman–Crippen LogP) is 6.47. The summed E-state index contributed by atoms with van der Waals surface area (Å²) in [5, 5.41) is 2.10. The molecule has 0 N–H and O–H groups in total. The Morgan fingerprint density at radius 2 is 1.75 bits per heavy atom. The lowest BCUT2D eigenvalue weighted by molar-refractivity contribution is -0.132. The van der Waals surface area contributed by atoms with Gasteiger partial charge in [0.25, 0.3) is 5.91 Å². The fraction of sp³-hybridized carbons (Fsp3) is 0.242. The van der Waals surface area contributed by atoms with Crippen molar-refractivity contribution in [2.75, 3.05) is 33.5 Å². The molecule has 0 fully saturated rings. The number of carbonyl (C=O) groups is 1. The molecule has 0 radical (unpaired) electrons. The number of amides is 1. The topological polar surface area (TPSA) is 51.2 Å². The first-order chi connectivity index (χ1) is 19.6. The van der Waals surface area contributed by atoms with Gasteiger partial charge in [0.15, 0.2) is 18.1 Å². The molecule has 6 nitrogen and oxygen atoms in total. The van der Waals surface area contributed by atoms with Crippen LogP contribution in [0.2, 0.25) is 0 Å². The van der Waals surface area contributed by atoms with Crippen molar-refractivity contribution in [1.29, 1.82) is 0 Å². The fourth-order valence-corrected chi connectivity index (χ4v) is 5.94. The van der Waals surface area contributed by atoms with Gasteiger partial charge in [0, 0.05) is 36.6 Å². The molecule has 1 amide bonds. The number of nitrogens with zero attached hydrogens (tertiary/aromatic N) is 2. The van der Waals surface area contributed by atoms with Gasteiger partial charge in [0.2, 0.25) is 6.79 Å². The second-order valence-corrected chi connectivity index (χ2v) is 11.1. The van der Waals surface area contributed by atoms with Crippen molar-refractivity contribution in [1.82, 2.24) is 9.80 Å². The van der Waals surface area contributed by atoms with E-state index in [0.717, 1.165) is 46.9 Å². The summed E-state index contributed by atoms with van der Waals surface area (Å²) in [5.74, 6) is 2.25. The Hall–Kier alpha value is -4.07. The molecule has 7 heteroatoms. The van der Waals surface area contributed by atoms with Crippen LogP contribution in [0.1, 0.15) is 22.4 Å². The van der Waals surface area contributed by atoms with Gasteiger partial charge in [-0.1, -0.05) is 54.6 Å². The van der Waals surface area contributed by atoms with E-state index in [1.807, 2.05) is 41.3 Å². The number of benzene rings is 3. The molecular formula is C33H32N2O4S. The van der Waals surface area contributed by atoms with Crippen LogP contribution in [0.25, 0.3) is 16.7 Å². The van der Waals surface area contributed by atoms with Crippen LogP contribution >= 0.6 is 11.3 Å². The highest BCUT2D eigenvalue weighted by Crippen LogP contribution is 2.37. The van der Waals surface area contributed by atoms with Gasteiger partial charge >= 0.3 is 0 Å². The van der Waals surface area contributed by atoms with Gasteiger partial charge in [0.05, 0.1) is 0 Å². The second-order valence-electron chi connectivity index (χ2n) is 10.1. The first-order valence-electron chi connectivity index (χ1n) is 13.5. The van der Waals surface area contributed by atoms with Gasteiger partial charge in [-0.05, 0) is 71.4 Å². The molecule has 4 aromatic rings. The molecule has 3 heterocycles. The van der Waals surface area contributed by atoms with Crippen molar-refractivity contribution in [3.63, 3.8) is 0 Å². The minimum Gasteiger partial charge on any atom is -0.483 e. The van der Waals surface area contributed by atoms with Gasteiger partial charge in [-0.3, -0.25) is 9.69 Å². The summed E-state index contributed by atoms with van der Waals surface area (Å²) in [4.78, 5) is 18.5. The van der Waals surface area contributed by atoms with Crippen LogP contribution in [-0.2, 0) is 17.9 Å². The number of fused-ring (bicyclic) bond motifs is 1.